The molecule has 0 radical (unpaired) electrons. The molecule has 19 heavy (non-hydrogen) atoms. The molecule has 0 fully saturated rings. The average molecular weight is 266 g/mol. The maximum Gasteiger partial charge on any atom is 0.170 e. The molecule has 1 aromatic rings. The third-order valence-corrected chi connectivity index (χ3v) is 2.97. The van der Waals surface area contributed by atoms with Crippen LogP contribution in [0.5, 0.6) is 11.5 Å². The van der Waals surface area contributed by atoms with Gasteiger partial charge in [0.05, 0.1) is 13.3 Å². The summed E-state index contributed by atoms with van der Waals surface area (Å²) in [6, 6.07) is 5.46. The van der Waals surface area contributed by atoms with Crippen LogP contribution in [0.1, 0.15) is 19.4 Å². The lowest BCUT2D eigenvalue weighted by atomic mass is 10.2. The fraction of sp³-hybridized carbons (Fsp3) is 0.500. The predicted molar refractivity (Wildman–Crippen MR) is 75.7 cm³/mol. The molecule has 0 heterocycles. The number of hydrogen-bond donors (Lipinski definition) is 1. The number of likely N-dealkylation sites (N-methyl/N-ethyl adjacent to an activating group) is 1. The minimum atomic E-state index is 0.564. The van der Waals surface area contributed by atoms with Crippen LogP contribution in [-0.4, -0.2) is 49.7 Å². The van der Waals surface area contributed by atoms with Gasteiger partial charge in [-0.2, -0.15) is 0 Å². The Kier molecular flexibility index (Phi) is 6.74. The lowest BCUT2D eigenvalue weighted by molar-refractivity contribution is 0.217. The summed E-state index contributed by atoms with van der Waals surface area (Å²) < 4.78 is 11.0. The van der Waals surface area contributed by atoms with E-state index in [4.69, 9.17) is 14.7 Å². The van der Waals surface area contributed by atoms with Crippen LogP contribution in [0, 0.1) is 0 Å². The van der Waals surface area contributed by atoms with E-state index in [2.05, 4.69) is 23.9 Å². The zero-order valence-electron chi connectivity index (χ0n) is 11.8. The molecule has 0 aliphatic heterocycles. The summed E-state index contributed by atoms with van der Waals surface area (Å²) in [6.07, 6.45) is 1.34. The quantitative estimate of drug-likeness (QED) is 0.445. The number of para-hydroxylation sites is 1. The molecule has 0 unspecified atom stereocenters. The van der Waals surface area contributed by atoms with Crippen molar-refractivity contribution in [3.8, 4) is 11.5 Å². The molecule has 0 aliphatic carbocycles. The van der Waals surface area contributed by atoms with E-state index in [9.17, 15) is 0 Å². The Labute approximate surface area is 114 Å². The van der Waals surface area contributed by atoms with E-state index < -0.39 is 0 Å². The van der Waals surface area contributed by atoms with Crippen molar-refractivity contribution < 1.29 is 14.7 Å². The molecule has 1 aromatic carbocycles. The van der Waals surface area contributed by atoms with Gasteiger partial charge in [-0.05, 0) is 25.2 Å². The summed E-state index contributed by atoms with van der Waals surface area (Å²) in [5.74, 6) is 1.24. The molecule has 0 saturated carbocycles. The van der Waals surface area contributed by atoms with Crippen molar-refractivity contribution in [3.05, 3.63) is 23.8 Å². The van der Waals surface area contributed by atoms with Gasteiger partial charge in [-0.3, -0.25) is 0 Å². The van der Waals surface area contributed by atoms with Crippen LogP contribution in [0.2, 0.25) is 0 Å². The van der Waals surface area contributed by atoms with Crippen molar-refractivity contribution in [1.82, 2.24) is 4.90 Å². The van der Waals surface area contributed by atoms with Crippen molar-refractivity contribution in [2.75, 3.05) is 33.4 Å². The number of hydrogen-bond acceptors (Lipinski definition) is 5. The molecule has 1 N–H and O–H groups in total. The first-order valence-electron chi connectivity index (χ1n) is 6.46. The first-order valence-corrected chi connectivity index (χ1v) is 6.46. The van der Waals surface area contributed by atoms with E-state index >= 15 is 0 Å². The molecule has 0 spiro atoms. The van der Waals surface area contributed by atoms with Crippen LogP contribution >= 0.6 is 0 Å². The lowest BCUT2D eigenvalue weighted by Crippen LogP contribution is -2.28. The highest BCUT2D eigenvalue weighted by molar-refractivity contribution is 5.84. The second-order valence-electron chi connectivity index (χ2n) is 4.00. The first-order chi connectivity index (χ1) is 9.26. The normalized spacial score (nSPS) is 11.2. The Morgan fingerprint density at radius 2 is 2.05 bits per heavy atom. The summed E-state index contributed by atoms with van der Waals surface area (Å²) in [6.45, 7) is 7.65. The standard InChI is InChI=1S/C14H22N2O3/c1-4-16(5-2)9-10-19-14-12(11-15-17)7-6-8-13(14)18-3/h6-8,11,17H,4-5,9-10H2,1-3H3. The van der Waals surface area contributed by atoms with E-state index in [-0.39, 0.29) is 0 Å². The van der Waals surface area contributed by atoms with Gasteiger partial charge in [0, 0.05) is 12.1 Å². The molecule has 0 aliphatic rings. The molecule has 0 bridgehead atoms. The second kappa shape index (κ2) is 8.37. The highest BCUT2D eigenvalue weighted by Crippen LogP contribution is 2.29. The fourth-order valence-electron chi connectivity index (χ4n) is 1.83. The van der Waals surface area contributed by atoms with Gasteiger partial charge in [-0.15, -0.1) is 0 Å². The number of rotatable bonds is 8. The van der Waals surface area contributed by atoms with Crippen molar-refractivity contribution in [3.63, 3.8) is 0 Å². The fourth-order valence-corrected chi connectivity index (χ4v) is 1.83. The van der Waals surface area contributed by atoms with E-state index in [1.54, 1.807) is 7.11 Å². The third kappa shape index (κ3) is 4.44. The average Bonchev–Trinajstić information content (AvgIpc) is 2.45. The number of nitrogens with zero attached hydrogens (tertiary/aromatic N) is 2. The third-order valence-electron chi connectivity index (χ3n) is 2.97. The highest BCUT2D eigenvalue weighted by Gasteiger charge is 2.10. The zero-order valence-corrected chi connectivity index (χ0v) is 11.8. The molecular formula is C14H22N2O3. The van der Waals surface area contributed by atoms with Crippen LogP contribution in [0.4, 0.5) is 0 Å². The van der Waals surface area contributed by atoms with Crippen LogP contribution in [0.25, 0.3) is 0 Å². The van der Waals surface area contributed by atoms with E-state index in [0.717, 1.165) is 19.6 Å². The molecule has 1 rings (SSSR count). The van der Waals surface area contributed by atoms with Crippen LogP contribution in [-0.2, 0) is 0 Å². The summed E-state index contributed by atoms with van der Waals surface area (Å²) in [5.41, 5.74) is 0.696. The lowest BCUT2D eigenvalue weighted by Gasteiger charge is -2.19. The van der Waals surface area contributed by atoms with Gasteiger partial charge in [-0.25, -0.2) is 0 Å². The van der Waals surface area contributed by atoms with Crippen molar-refractivity contribution in [2.24, 2.45) is 5.16 Å². The number of methoxy groups -OCH3 is 1. The number of ether oxygens (including phenoxy) is 2. The molecule has 106 valence electrons. The van der Waals surface area contributed by atoms with Gasteiger partial charge in [-0.1, -0.05) is 25.1 Å². The van der Waals surface area contributed by atoms with Crippen LogP contribution in [0.15, 0.2) is 23.4 Å². The van der Waals surface area contributed by atoms with Gasteiger partial charge < -0.3 is 19.6 Å². The smallest absolute Gasteiger partial charge is 0.170 e. The molecule has 5 nitrogen and oxygen atoms in total. The van der Waals surface area contributed by atoms with Gasteiger partial charge in [0.1, 0.15) is 6.61 Å². The molecular weight excluding hydrogens is 244 g/mol. The molecule has 0 amide bonds. The summed E-state index contributed by atoms with van der Waals surface area (Å²) >= 11 is 0. The first kappa shape index (κ1) is 15.3. The summed E-state index contributed by atoms with van der Waals surface area (Å²) in [5, 5.41) is 11.7. The Morgan fingerprint density at radius 3 is 2.63 bits per heavy atom. The zero-order chi connectivity index (χ0) is 14.1. The Bertz CT molecular complexity index is 404. The summed E-state index contributed by atoms with van der Waals surface area (Å²) in [4.78, 5) is 2.27. The van der Waals surface area contributed by atoms with E-state index in [1.165, 1.54) is 6.21 Å². The van der Waals surface area contributed by atoms with Crippen LogP contribution in [0.3, 0.4) is 0 Å². The van der Waals surface area contributed by atoms with Crippen molar-refractivity contribution >= 4 is 6.21 Å². The topological polar surface area (TPSA) is 54.3 Å². The predicted octanol–water partition coefficient (Wildman–Crippen LogP) is 2.22. The van der Waals surface area contributed by atoms with E-state index in [1.807, 2.05) is 18.2 Å². The monoisotopic (exact) mass is 266 g/mol. The molecule has 0 saturated heterocycles. The van der Waals surface area contributed by atoms with Gasteiger partial charge in [0.15, 0.2) is 11.5 Å². The SMILES string of the molecule is CCN(CC)CCOc1c(C=NO)cccc1OC. The maximum absolute atomic E-state index is 8.66. The Balaban J connectivity index is 2.75. The van der Waals surface area contributed by atoms with Gasteiger partial charge in [0.2, 0.25) is 0 Å². The van der Waals surface area contributed by atoms with Crippen molar-refractivity contribution in [1.29, 1.82) is 0 Å². The van der Waals surface area contributed by atoms with Crippen molar-refractivity contribution in [2.45, 2.75) is 13.8 Å². The number of benzene rings is 1. The van der Waals surface area contributed by atoms with E-state index in [0.29, 0.717) is 23.7 Å². The molecule has 5 heteroatoms. The molecule has 0 aromatic heterocycles. The van der Waals surface area contributed by atoms with Gasteiger partial charge in [0.25, 0.3) is 0 Å². The molecule has 0 atom stereocenters. The largest absolute Gasteiger partial charge is 0.493 e. The maximum atomic E-state index is 8.66. The number of oxime groups is 1. The second-order valence-corrected chi connectivity index (χ2v) is 4.00. The Morgan fingerprint density at radius 1 is 1.32 bits per heavy atom. The minimum Gasteiger partial charge on any atom is -0.493 e. The summed E-state index contributed by atoms with van der Waals surface area (Å²) in [7, 11) is 1.59. The van der Waals surface area contributed by atoms with Crippen LogP contribution < -0.4 is 9.47 Å². The van der Waals surface area contributed by atoms with Gasteiger partial charge >= 0.3 is 0 Å². The highest BCUT2D eigenvalue weighted by atomic mass is 16.5. The minimum absolute atomic E-state index is 0.564. The Hall–Kier alpha value is -1.75.